The molecule has 194 valence electrons. The van der Waals surface area contributed by atoms with E-state index >= 15 is 4.39 Å². The van der Waals surface area contributed by atoms with Gasteiger partial charge < -0.3 is 15.6 Å². The fourth-order valence-corrected chi connectivity index (χ4v) is 4.79. The molecule has 5 rings (SSSR count). The minimum absolute atomic E-state index is 0.230. The molecule has 5 aromatic rings. The van der Waals surface area contributed by atoms with Gasteiger partial charge in [0.15, 0.2) is 0 Å². The molecule has 0 saturated heterocycles. The van der Waals surface area contributed by atoms with Gasteiger partial charge in [-0.05, 0) is 41.0 Å². The normalized spacial score (nSPS) is 11.8. The second-order valence-electron chi connectivity index (χ2n) is 9.33. The minimum atomic E-state index is -0.914. The molecular weight excluding hydrogens is 489 g/mol. The number of nitrogens with two attached hydrogens (primary N) is 1. The van der Waals surface area contributed by atoms with Gasteiger partial charge in [0.25, 0.3) is 5.56 Å². The van der Waals surface area contributed by atoms with Crippen molar-refractivity contribution in [3.8, 4) is 11.3 Å². The molecule has 1 heterocycles. The molecule has 0 saturated carbocycles. The Bertz CT molecular complexity index is 1580. The topological polar surface area (TPSA) is 77.1 Å². The van der Waals surface area contributed by atoms with E-state index in [0.717, 1.165) is 16.7 Å². The number of amides is 1. The number of carbonyl (C=O) groups excluding carboxylic acids is 1. The Balaban J connectivity index is 1.40. The Morgan fingerprint density at radius 3 is 1.95 bits per heavy atom. The van der Waals surface area contributed by atoms with Crippen LogP contribution in [0.3, 0.4) is 0 Å². The summed E-state index contributed by atoms with van der Waals surface area (Å²) < 4.78 is 17.0. The molecule has 1 aromatic heterocycles. The highest BCUT2D eigenvalue weighted by atomic mass is 19.1. The van der Waals surface area contributed by atoms with Crippen molar-refractivity contribution in [2.75, 3.05) is 5.32 Å². The largest absolute Gasteiger partial charge is 0.325 e. The van der Waals surface area contributed by atoms with Gasteiger partial charge in [-0.1, -0.05) is 97.1 Å². The maximum Gasteiger partial charge on any atom is 0.251 e. The summed E-state index contributed by atoms with van der Waals surface area (Å²) in [5, 5.41) is 2.77. The number of hydrogen-bond donors (Lipinski definition) is 2. The zero-order chi connectivity index (χ0) is 27.2. The van der Waals surface area contributed by atoms with Crippen molar-refractivity contribution in [2.45, 2.75) is 18.5 Å². The Morgan fingerprint density at radius 2 is 1.36 bits per heavy atom. The van der Waals surface area contributed by atoms with Crippen molar-refractivity contribution >= 4 is 11.6 Å². The molecule has 3 N–H and O–H groups in total. The molecule has 1 amide bonds. The predicted molar refractivity (Wildman–Crippen MR) is 153 cm³/mol. The Labute approximate surface area is 226 Å². The third-order valence-electron chi connectivity index (χ3n) is 6.73. The summed E-state index contributed by atoms with van der Waals surface area (Å²) in [6, 6.07) is 37.0. The number of nitrogens with zero attached hydrogens (tertiary/aromatic N) is 1. The minimum Gasteiger partial charge on any atom is -0.325 e. The van der Waals surface area contributed by atoms with E-state index in [-0.39, 0.29) is 22.7 Å². The highest BCUT2D eigenvalue weighted by Gasteiger charge is 2.28. The molecule has 4 aromatic carbocycles. The number of benzene rings is 4. The van der Waals surface area contributed by atoms with Crippen molar-refractivity contribution < 1.29 is 9.18 Å². The first kappa shape index (κ1) is 25.8. The highest BCUT2D eigenvalue weighted by molar-refractivity contribution is 5.96. The number of nitrogens with one attached hydrogen (secondary N) is 1. The molecule has 1 atom stereocenters. The van der Waals surface area contributed by atoms with Crippen LogP contribution in [0.2, 0.25) is 0 Å². The number of carbonyl (C=O) groups is 1. The Morgan fingerprint density at radius 1 is 0.769 bits per heavy atom. The maximum atomic E-state index is 15.4. The number of rotatable bonds is 8. The molecule has 6 heteroatoms. The van der Waals surface area contributed by atoms with Crippen LogP contribution in [0, 0.1) is 5.82 Å². The zero-order valence-electron chi connectivity index (χ0n) is 21.2. The molecular formula is C33H28FN3O2. The van der Waals surface area contributed by atoms with Gasteiger partial charge in [-0.2, -0.15) is 0 Å². The molecule has 0 fully saturated rings. The Hall–Kier alpha value is -4.81. The quantitative estimate of drug-likeness (QED) is 0.273. The van der Waals surface area contributed by atoms with Crippen LogP contribution in [0.25, 0.3) is 11.3 Å². The van der Waals surface area contributed by atoms with E-state index in [0.29, 0.717) is 12.2 Å². The molecule has 0 aliphatic carbocycles. The van der Waals surface area contributed by atoms with Crippen LogP contribution in [0.4, 0.5) is 10.1 Å². The molecule has 0 bridgehead atoms. The monoisotopic (exact) mass is 517 g/mol. The van der Waals surface area contributed by atoms with Crippen LogP contribution >= 0.6 is 0 Å². The van der Waals surface area contributed by atoms with Crippen LogP contribution in [-0.4, -0.2) is 16.5 Å². The van der Waals surface area contributed by atoms with Crippen LogP contribution in [-0.2, 0) is 11.3 Å². The Kier molecular flexibility index (Phi) is 7.75. The number of aromatic nitrogens is 1. The highest BCUT2D eigenvalue weighted by Crippen LogP contribution is 2.29. The molecule has 1 unspecified atom stereocenters. The number of hydrogen-bond acceptors (Lipinski definition) is 3. The van der Waals surface area contributed by atoms with E-state index < -0.39 is 17.8 Å². The van der Waals surface area contributed by atoms with E-state index in [1.54, 1.807) is 24.3 Å². The smallest absolute Gasteiger partial charge is 0.251 e. The van der Waals surface area contributed by atoms with Gasteiger partial charge in [-0.3, -0.25) is 9.59 Å². The lowest BCUT2D eigenvalue weighted by Gasteiger charge is -2.24. The van der Waals surface area contributed by atoms with Gasteiger partial charge >= 0.3 is 0 Å². The van der Waals surface area contributed by atoms with Crippen molar-refractivity contribution in [3.05, 3.63) is 160 Å². The van der Waals surface area contributed by atoms with Crippen LogP contribution in [0.1, 0.15) is 22.6 Å². The summed E-state index contributed by atoms with van der Waals surface area (Å²) in [7, 11) is 0. The van der Waals surface area contributed by atoms with Gasteiger partial charge in [0.2, 0.25) is 5.91 Å². The first-order valence-electron chi connectivity index (χ1n) is 12.7. The third kappa shape index (κ3) is 5.87. The number of pyridine rings is 1. The van der Waals surface area contributed by atoms with Crippen molar-refractivity contribution in [1.82, 2.24) is 4.57 Å². The first-order chi connectivity index (χ1) is 19.0. The molecule has 0 aliphatic rings. The molecule has 0 radical (unpaired) electrons. The average molecular weight is 518 g/mol. The molecule has 0 spiro atoms. The average Bonchev–Trinajstić information content (AvgIpc) is 2.96. The molecule has 5 nitrogen and oxygen atoms in total. The van der Waals surface area contributed by atoms with E-state index in [4.69, 9.17) is 5.73 Å². The van der Waals surface area contributed by atoms with Crippen molar-refractivity contribution in [3.63, 3.8) is 0 Å². The summed E-state index contributed by atoms with van der Waals surface area (Å²) in [4.78, 5) is 25.9. The standard InChI is InChI=1S/C33H28FN3O2/c34-28-21-26(19-20-27(28)29-17-10-18-30(38)37(29)22-23-11-4-1-5-12-23)36-33(39)32(35)31(24-13-6-2-7-14-24)25-15-8-3-9-16-25/h1-21,31-32H,22,35H2,(H,36,39). The summed E-state index contributed by atoms with van der Waals surface area (Å²) in [6.45, 7) is 0.309. The lowest BCUT2D eigenvalue weighted by atomic mass is 9.85. The van der Waals surface area contributed by atoms with Crippen LogP contribution in [0.15, 0.2) is 132 Å². The zero-order valence-corrected chi connectivity index (χ0v) is 21.2. The van der Waals surface area contributed by atoms with Crippen molar-refractivity contribution in [2.24, 2.45) is 5.73 Å². The van der Waals surface area contributed by atoms with Gasteiger partial charge in [-0.25, -0.2) is 4.39 Å². The lowest BCUT2D eigenvalue weighted by Crippen LogP contribution is -2.41. The van der Waals surface area contributed by atoms with Crippen LogP contribution < -0.4 is 16.6 Å². The molecule has 0 aliphatic heterocycles. The second kappa shape index (κ2) is 11.7. The third-order valence-corrected chi connectivity index (χ3v) is 6.73. The predicted octanol–water partition coefficient (Wildman–Crippen LogP) is 5.80. The van der Waals surface area contributed by atoms with Gasteiger partial charge in [0.05, 0.1) is 18.3 Å². The SMILES string of the molecule is NC(C(=O)Nc1ccc(-c2cccc(=O)n2Cc2ccccc2)c(F)c1)C(c1ccccc1)c1ccccc1. The van der Waals surface area contributed by atoms with Gasteiger partial charge in [0.1, 0.15) is 5.82 Å². The summed E-state index contributed by atoms with van der Waals surface area (Å²) >= 11 is 0. The van der Waals surface area contributed by atoms with Gasteiger partial charge in [-0.15, -0.1) is 0 Å². The second-order valence-corrected chi connectivity index (χ2v) is 9.33. The first-order valence-corrected chi connectivity index (χ1v) is 12.7. The van der Waals surface area contributed by atoms with Gasteiger partial charge in [0, 0.05) is 23.2 Å². The van der Waals surface area contributed by atoms with E-state index in [2.05, 4.69) is 5.32 Å². The maximum absolute atomic E-state index is 15.4. The summed E-state index contributed by atoms with van der Waals surface area (Å²) in [6.07, 6.45) is 0. The number of halogens is 1. The summed E-state index contributed by atoms with van der Waals surface area (Å²) in [5.74, 6) is -1.37. The number of anilines is 1. The van der Waals surface area contributed by atoms with E-state index in [1.165, 1.54) is 16.7 Å². The fourth-order valence-electron chi connectivity index (χ4n) is 4.79. The lowest BCUT2D eigenvalue weighted by molar-refractivity contribution is -0.117. The fraction of sp³-hybridized carbons (Fsp3) is 0.0909. The molecule has 39 heavy (non-hydrogen) atoms. The van der Waals surface area contributed by atoms with Crippen LogP contribution in [0.5, 0.6) is 0 Å². The van der Waals surface area contributed by atoms with E-state index in [9.17, 15) is 9.59 Å². The summed E-state index contributed by atoms with van der Waals surface area (Å²) in [5.41, 5.74) is 10.0. The van der Waals surface area contributed by atoms with Crippen molar-refractivity contribution in [1.29, 1.82) is 0 Å². The van der Waals surface area contributed by atoms with E-state index in [1.807, 2.05) is 91.0 Å².